The number of likely N-dealkylation sites (tertiary alicyclic amines) is 1. The number of primary amides is 1. The summed E-state index contributed by atoms with van der Waals surface area (Å²) in [6.07, 6.45) is 3.02. The fourth-order valence-electron chi connectivity index (χ4n) is 3.46. The van der Waals surface area contributed by atoms with Crippen LogP contribution in [0.25, 0.3) is 0 Å². The molecule has 3 N–H and O–H groups in total. The summed E-state index contributed by atoms with van der Waals surface area (Å²) in [6, 6.07) is 9.97. The Morgan fingerprint density at radius 2 is 1.86 bits per heavy atom. The number of nitrogens with two attached hydrogens (primary N) is 1. The van der Waals surface area contributed by atoms with Gasteiger partial charge in [0.2, 0.25) is 5.91 Å². The van der Waals surface area contributed by atoms with E-state index in [1.807, 2.05) is 0 Å². The van der Waals surface area contributed by atoms with E-state index in [1.54, 1.807) is 29.2 Å². The lowest BCUT2D eigenvalue weighted by molar-refractivity contribution is 0.1000. The molecule has 0 saturated carbocycles. The minimum Gasteiger partial charge on any atom is -0.366 e. The second-order valence-corrected chi connectivity index (χ2v) is 7.08. The molecule has 0 aromatic heterocycles. The Hall–Kier alpha value is -2.96. The molecule has 0 atom stereocenters. The SMILES string of the molecule is NC(=O)c1cccc(NC(=O)N2CCC(CCc3ccc(F)cc3F)CC2)c1. The number of carbonyl (C=O) groups excluding carboxylic acids is 2. The van der Waals surface area contributed by atoms with Crippen molar-refractivity contribution in [2.24, 2.45) is 11.7 Å². The second-order valence-electron chi connectivity index (χ2n) is 7.08. The highest BCUT2D eigenvalue weighted by Gasteiger charge is 2.23. The number of aryl methyl sites for hydroxylation is 1. The van der Waals surface area contributed by atoms with Crippen molar-refractivity contribution >= 4 is 17.6 Å². The van der Waals surface area contributed by atoms with Gasteiger partial charge in [-0.2, -0.15) is 0 Å². The summed E-state index contributed by atoms with van der Waals surface area (Å²) in [7, 11) is 0. The van der Waals surface area contributed by atoms with Gasteiger partial charge in [0.1, 0.15) is 11.6 Å². The van der Waals surface area contributed by atoms with Crippen LogP contribution in [0.1, 0.15) is 35.2 Å². The molecule has 0 bridgehead atoms. The third-order valence-electron chi connectivity index (χ3n) is 5.14. The van der Waals surface area contributed by atoms with Gasteiger partial charge in [-0.15, -0.1) is 0 Å². The molecule has 1 aliphatic heterocycles. The van der Waals surface area contributed by atoms with Crippen LogP contribution in [0, 0.1) is 17.6 Å². The third kappa shape index (κ3) is 5.06. The number of piperidine rings is 1. The van der Waals surface area contributed by atoms with Gasteiger partial charge in [-0.25, -0.2) is 13.6 Å². The average Bonchev–Trinajstić information content (AvgIpc) is 2.68. The second kappa shape index (κ2) is 8.82. The number of urea groups is 1. The van der Waals surface area contributed by atoms with Gasteiger partial charge in [0.05, 0.1) is 0 Å². The summed E-state index contributed by atoms with van der Waals surface area (Å²) in [5.41, 5.74) is 6.64. The van der Waals surface area contributed by atoms with Crippen molar-refractivity contribution in [3.8, 4) is 0 Å². The largest absolute Gasteiger partial charge is 0.366 e. The van der Waals surface area contributed by atoms with Gasteiger partial charge >= 0.3 is 6.03 Å². The number of nitrogens with one attached hydrogen (secondary N) is 1. The standard InChI is InChI=1S/C21H23F2N3O2/c22-17-7-6-15(19(23)13-17)5-4-14-8-10-26(11-9-14)21(28)25-18-3-1-2-16(12-18)20(24)27/h1-3,6-7,12-14H,4-5,8-11H2,(H2,24,27)(H,25,28). The van der Waals surface area contributed by atoms with Crippen molar-refractivity contribution in [2.75, 3.05) is 18.4 Å². The number of anilines is 1. The number of amides is 3. The van der Waals surface area contributed by atoms with Crippen molar-refractivity contribution in [3.05, 3.63) is 65.2 Å². The first-order chi connectivity index (χ1) is 13.4. The molecule has 3 rings (SSSR count). The molecule has 1 fully saturated rings. The Morgan fingerprint density at radius 3 is 2.54 bits per heavy atom. The molecule has 0 aliphatic carbocycles. The topological polar surface area (TPSA) is 75.4 Å². The number of benzene rings is 2. The predicted molar refractivity (Wildman–Crippen MR) is 103 cm³/mol. The third-order valence-corrected chi connectivity index (χ3v) is 5.14. The molecule has 0 radical (unpaired) electrons. The van der Waals surface area contributed by atoms with Crippen molar-refractivity contribution < 1.29 is 18.4 Å². The van der Waals surface area contributed by atoms with Crippen molar-refractivity contribution in [1.82, 2.24) is 4.90 Å². The summed E-state index contributed by atoms with van der Waals surface area (Å²) in [6.45, 7) is 1.22. The maximum Gasteiger partial charge on any atom is 0.321 e. The Kier molecular flexibility index (Phi) is 6.23. The normalized spacial score (nSPS) is 14.7. The fraction of sp³-hybridized carbons (Fsp3) is 0.333. The van der Waals surface area contributed by atoms with Crippen molar-refractivity contribution in [1.29, 1.82) is 0 Å². The van der Waals surface area contributed by atoms with E-state index in [-0.39, 0.29) is 6.03 Å². The molecule has 148 valence electrons. The monoisotopic (exact) mass is 387 g/mol. The van der Waals surface area contributed by atoms with Gasteiger partial charge in [-0.05, 0) is 61.4 Å². The molecule has 5 nitrogen and oxygen atoms in total. The Bertz CT molecular complexity index is 864. The molecule has 7 heteroatoms. The number of hydrogen-bond acceptors (Lipinski definition) is 2. The van der Waals surface area contributed by atoms with E-state index in [2.05, 4.69) is 5.32 Å². The molecule has 2 aromatic carbocycles. The Morgan fingerprint density at radius 1 is 1.11 bits per heavy atom. The predicted octanol–water partition coefficient (Wildman–Crippen LogP) is 3.94. The van der Waals surface area contributed by atoms with Gasteiger partial charge in [0.25, 0.3) is 0 Å². The molecule has 1 aliphatic rings. The maximum absolute atomic E-state index is 13.7. The van der Waals surface area contributed by atoms with E-state index in [1.165, 1.54) is 12.1 Å². The van der Waals surface area contributed by atoms with Crippen LogP contribution >= 0.6 is 0 Å². The lowest BCUT2D eigenvalue weighted by Crippen LogP contribution is -2.41. The highest BCUT2D eigenvalue weighted by Crippen LogP contribution is 2.24. The molecule has 3 amide bonds. The van der Waals surface area contributed by atoms with Crippen LogP contribution in [-0.2, 0) is 6.42 Å². The van der Waals surface area contributed by atoms with Gasteiger partial charge in [-0.1, -0.05) is 12.1 Å². The van der Waals surface area contributed by atoms with E-state index in [9.17, 15) is 18.4 Å². The first-order valence-electron chi connectivity index (χ1n) is 9.32. The van der Waals surface area contributed by atoms with Crippen LogP contribution in [0.3, 0.4) is 0 Å². The maximum atomic E-state index is 13.7. The van der Waals surface area contributed by atoms with Crippen LogP contribution in [0.5, 0.6) is 0 Å². The minimum absolute atomic E-state index is 0.218. The lowest BCUT2D eigenvalue weighted by Gasteiger charge is -2.32. The van der Waals surface area contributed by atoms with E-state index in [0.717, 1.165) is 25.3 Å². The molecule has 1 heterocycles. The van der Waals surface area contributed by atoms with Crippen LogP contribution in [0.15, 0.2) is 42.5 Å². The zero-order chi connectivity index (χ0) is 20.1. The van der Waals surface area contributed by atoms with Crippen molar-refractivity contribution in [2.45, 2.75) is 25.7 Å². The summed E-state index contributed by atoms with van der Waals surface area (Å²) >= 11 is 0. The van der Waals surface area contributed by atoms with E-state index >= 15 is 0 Å². The molecular formula is C21H23F2N3O2. The number of halogens is 2. The molecular weight excluding hydrogens is 364 g/mol. The number of rotatable bonds is 5. The van der Waals surface area contributed by atoms with Crippen LogP contribution in [0.2, 0.25) is 0 Å². The average molecular weight is 387 g/mol. The van der Waals surface area contributed by atoms with Gasteiger partial charge in [0, 0.05) is 30.4 Å². The van der Waals surface area contributed by atoms with Gasteiger partial charge in [-0.3, -0.25) is 4.79 Å². The minimum atomic E-state index is -0.568. The highest BCUT2D eigenvalue weighted by atomic mass is 19.1. The Balaban J connectivity index is 1.47. The Labute approximate surface area is 162 Å². The number of nitrogens with zero attached hydrogens (tertiary/aromatic N) is 1. The summed E-state index contributed by atoms with van der Waals surface area (Å²) < 4.78 is 26.7. The number of hydrogen-bond donors (Lipinski definition) is 2. The zero-order valence-electron chi connectivity index (χ0n) is 15.5. The molecule has 2 aromatic rings. The molecule has 28 heavy (non-hydrogen) atoms. The summed E-state index contributed by atoms with van der Waals surface area (Å²) in [5.74, 6) is -1.22. The number of carbonyl (C=O) groups is 2. The van der Waals surface area contributed by atoms with Gasteiger partial charge in [0.15, 0.2) is 0 Å². The zero-order valence-corrected chi connectivity index (χ0v) is 15.5. The molecule has 0 spiro atoms. The van der Waals surface area contributed by atoms with Crippen LogP contribution in [-0.4, -0.2) is 29.9 Å². The van der Waals surface area contributed by atoms with Crippen molar-refractivity contribution in [3.63, 3.8) is 0 Å². The smallest absolute Gasteiger partial charge is 0.321 e. The molecule has 1 saturated heterocycles. The van der Waals surface area contributed by atoms with E-state index < -0.39 is 17.5 Å². The first kappa shape index (κ1) is 19.8. The first-order valence-corrected chi connectivity index (χ1v) is 9.32. The van der Waals surface area contributed by atoms with E-state index in [0.29, 0.717) is 42.2 Å². The van der Waals surface area contributed by atoms with Gasteiger partial charge < -0.3 is 16.0 Å². The van der Waals surface area contributed by atoms with E-state index in [4.69, 9.17) is 5.73 Å². The fourth-order valence-corrected chi connectivity index (χ4v) is 3.46. The van der Waals surface area contributed by atoms with Crippen LogP contribution < -0.4 is 11.1 Å². The molecule has 0 unspecified atom stereocenters. The van der Waals surface area contributed by atoms with Crippen LogP contribution in [0.4, 0.5) is 19.3 Å². The summed E-state index contributed by atoms with van der Waals surface area (Å²) in [5, 5.41) is 2.79. The summed E-state index contributed by atoms with van der Waals surface area (Å²) in [4.78, 5) is 25.4. The highest BCUT2D eigenvalue weighted by molar-refractivity contribution is 5.95. The quantitative estimate of drug-likeness (QED) is 0.815. The lowest BCUT2D eigenvalue weighted by atomic mass is 9.90.